The van der Waals surface area contributed by atoms with Gasteiger partial charge in [-0.3, -0.25) is 9.80 Å². The van der Waals surface area contributed by atoms with Crippen molar-refractivity contribution in [3.63, 3.8) is 0 Å². The van der Waals surface area contributed by atoms with E-state index in [4.69, 9.17) is 21.1 Å². The van der Waals surface area contributed by atoms with Gasteiger partial charge in [0.1, 0.15) is 11.5 Å². The van der Waals surface area contributed by atoms with Gasteiger partial charge in [-0.1, -0.05) is 104 Å². The molecule has 4 atom stereocenters. The van der Waals surface area contributed by atoms with Crippen molar-refractivity contribution in [2.45, 2.75) is 62.6 Å². The highest BCUT2D eigenvalue weighted by atomic mass is 35.5. The number of benzene rings is 4. The van der Waals surface area contributed by atoms with Crippen molar-refractivity contribution in [2.24, 2.45) is 11.8 Å². The summed E-state index contributed by atoms with van der Waals surface area (Å²) in [5.41, 5.74) is 3.03. The van der Waals surface area contributed by atoms with E-state index in [1.807, 2.05) is 66.7 Å². The fourth-order valence-corrected chi connectivity index (χ4v) is 10.0. The van der Waals surface area contributed by atoms with E-state index in [-0.39, 0.29) is 5.92 Å². The van der Waals surface area contributed by atoms with E-state index in [9.17, 15) is 10.2 Å². The molecule has 0 bridgehead atoms. The maximum atomic E-state index is 11.6. The Morgan fingerprint density at radius 1 is 0.526 bits per heavy atom. The van der Waals surface area contributed by atoms with Gasteiger partial charge in [-0.15, -0.1) is 0 Å². The Balaban J connectivity index is 0.000000174. The van der Waals surface area contributed by atoms with E-state index < -0.39 is 11.2 Å². The van der Waals surface area contributed by atoms with Crippen LogP contribution in [0.25, 0.3) is 0 Å². The van der Waals surface area contributed by atoms with E-state index in [0.29, 0.717) is 5.92 Å². The fraction of sp³-hybridized carbons (Fsp3) is 0.500. The maximum Gasteiger partial charge on any atom is 0.142 e. The summed E-state index contributed by atoms with van der Waals surface area (Å²) in [6.07, 6.45) is 8.51. The zero-order valence-electron chi connectivity index (χ0n) is 34.1. The third-order valence-electron chi connectivity index (χ3n) is 13.2. The first-order valence-electron chi connectivity index (χ1n) is 21.3. The van der Waals surface area contributed by atoms with Crippen LogP contribution in [0.15, 0.2) is 103 Å². The molecule has 2 heterocycles. The van der Waals surface area contributed by atoms with Gasteiger partial charge in [0.05, 0.1) is 36.8 Å². The Morgan fingerprint density at radius 3 is 1.37 bits per heavy atom. The van der Waals surface area contributed by atoms with E-state index in [0.717, 1.165) is 132 Å². The van der Waals surface area contributed by atoms with Crippen molar-refractivity contribution in [1.82, 2.24) is 9.80 Å². The molecule has 0 radical (unpaired) electrons. The number of aliphatic hydroxyl groups is 2. The minimum Gasteiger partial charge on any atom is -0.495 e. The van der Waals surface area contributed by atoms with Crippen molar-refractivity contribution < 1.29 is 19.7 Å². The number of para-hydroxylation sites is 4. The molecule has 0 spiro atoms. The third kappa shape index (κ3) is 9.75. The summed E-state index contributed by atoms with van der Waals surface area (Å²) < 4.78 is 11.1. The molecule has 0 aromatic heterocycles. The monoisotopic (exact) mass is 794 g/mol. The van der Waals surface area contributed by atoms with Crippen molar-refractivity contribution >= 4 is 23.0 Å². The number of rotatable bonds is 10. The lowest BCUT2D eigenvalue weighted by molar-refractivity contribution is -0.0662. The van der Waals surface area contributed by atoms with E-state index in [1.165, 1.54) is 24.2 Å². The van der Waals surface area contributed by atoms with Crippen LogP contribution in [0, 0.1) is 11.8 Å². The highest BCUT2D eigenvalue weighted by molar-refractivity contribution is 6.30. The summed E-state index contributed by atoms with van der Waals surface area (Å²) in [5.74, 6) is 2.45. The molecule has 4 fully saturated rings. The molecule has 2 saturated heterocycles. The lowest BCUT2D eigenvalue weighted by Gasteiger charge is -2.44. The quantitative estimate of drug-likeness (QED) is 0.166. The Bertz CT molecular complexity index is 1830. The van der Waals surface area contributed by atoms with Gasteiger partial charge in [0.25, 0.3) is 0 Å². The second-order valence-corrected chi connectivity index (χ2v) is 17.0. The van der Waals surface area contributed by atoms with Gasteiger partial charge < -0.3 is 29.5 Å². The minimum absolute atomic E-state index is 0.259. The zero-order valence-corrected chi connectivity index (χ0v) is 34.8. The molecule has 2 aliphatic heterocycles. The molecular formula is C48H63ClN4O4. The van der Waals surface area contributed by atoms with E-state index in [2.05, 4.69) is 56.0 Å². The summed E-state index contributed by atoms with van der Waals surface area (Å²) in [5, 5.41) is 23.9. The van der Waals surface area contributed by atoms with Crippen molar-refractivity contribution in [3.8, 4) is 11.5 Å². The van der Waals surface area contributed by atoms with Gasteiger partial charge in [-0.2, -0.15) is 0 Å². The number of piperazine rings is 2. The number of ether oxygens (including phenoxy) is 2. The summed E-state index contributed by atoms with van der Waals surface area (Å²) in [4.78, 5) is 9.87. The SMILES string of the molecule is COc1ccccc1N1CCN(CC2CCCCC2(O)c2ccc(Cl)cc2)CC1.COc1ccccc1N1CCN(CC2CCCCC2(O)c2ccccc2)CC1. The largest absolute Gasteiger partial charge is 0.495 e. The second-order valence-electron chi connectivity index (χ2n) is 16.5. The van der Waals surface area contributed by atoms with Crippen LogP contribution in [-0.4, -0.2) is 99.7 Å². The van der Waals surface area contributed by atoms with E-state index in [1.54, 1.807) is 14.2 Å². The topological polar surface area (TPSA) is 71.9 Å². The van der Waals surface area contributed by atoms with Gasteiger partial charge in [-0.05, 0) is 73.2 Å². The van der Waals surface area contributed by atoms with Gasteiger partial charge in [0.15, 0.2) is 0 Å². The Morgan fingerprint density at radius 2 is 0.930 bits per heavy atom. The van der Waals surface area contributed by atoms with Crippen LogP contribution < -0.4 is 19.3 Å². The van der Waals surface area contributed by atoms with Crippen LogP contribution in [0.4, 0.5) is 11.4 Å². The average molecular weight is 796 g/mol. The molecule has 4 unspecified atom stereocenters. The molecule has 0 amide bonds. The molecule has 8 rings (SSSR count). The van der Waals surface area contributed by atoms with Crippen LogP contribution in [0.2, 0.25) is 5.02 Å². The summed E-state index contributed by atoms with van der Waals surface area (Å²) >= 11 is 6.07. The molecular weight excluding hydrogens is 732 g/mol. The first-order valence-corrected chi connectivity index (χ1v) is 21.7. The lowest BCUT2D eigenvalue weighted by Crippen LogP contribution is -2.51. The Hall–Kier alpha value is -3.79. The predicted molar refractivity (Wildman–Crippen MR) is 233 cm³/mol. The summed E-state index contributed by atoms with van der Waals surface area (Å²) in [6, 6.07) is 34.6. The molecule has 4 aromatic carbocycles. The number of hydrogen-bond acceptors (Lipinski definition) is 8. The molecule has 2 aliphatic carbocycles. The highest BCUT2D eigenvalue weighted by Gasteiger charge is 2.42. The molecule has 2 saturated carbocycles. The maximum absolute atomic E-state index is 11.6. The predicted octanol–water partition coefficient (Wildman–Crippen LogP) is 8.44. The number of nitrogens with zero attached hydrogens (tertiary/aromatic N) is 4. The lowest BCUT2D eigenvalue weighted by atomic mass is 9.71. The van der Waals surface area contributed by atoms with Crippen LogP contribution in [-0.2, 0) is 11.2 Å². The number of anilines is 2. The molecule has 57 heavy (non-hydrogen) atoms. The van der Waals surface area contributed by atoms with Crippen molar-refractivity contribution in [3.05, 3.63) is 119 Å². The standard InChI is InChI=1S/C24H31ClN2O2.C24H32N2O2/c1-29-23-8-3-2-7-22(23)27-16-14-26(15-17-27)18-20-6-4-5-13-24(20,28)19-9-11-21(25)12-10-19;1-28-23-13-6-5-12-22(23)26-17-15-25(16-18-26)19-21-11-7-8-14-24(21,27)20-9-3-2-4-10-20/h2-3,7-12,20,28H,4-6,13-18H2,1H3;2-6,9-10,12-13,21,27H,7-8,11,14-19H2,1H3. The first-order chi connectivity index (χ1) is 27.8. The van der Waals surface area contributed by atoms with Crippen molar-refractivity contribution in [1.29, 1.82) is 0 Å². The van der Waals surface area contributed by atoms with E-state index >= 15 is 0 Å². The molecule has 2 N–H and O–H groups in total. The van der Waals surface area contributed by atoms with Gasteiger partial charge in [0.2, 0.25) is 0 Å². The van der Waals surface area contributed by atoms with Crippen LogP contribution in [0.5, 0.6) is 11.5 Å². The first kappa shape index (κ1) is 41.4. The molecule has 9 heteroatoms. The third-order valence-corrected chi connectivity index (χ3v) is 13.5. The van der Waals surface area contributed by atoms with Crippen molar-refractivity contribution in [2.75, 3.05) is 89.5 Å². The molecule has 4 aromatic rings. The molecule has 4 aliphatic rings. The summed E-state index contributed by atoms with van der Waals surface area (Å²) in [6.45, 7) is 9.94. The Kier molecular flexibility index (Phi) is 14.0. The van der Waals surface area contributed by atoms with Crippen LogP contribution in [0.3, 0.4) is 0 Å². The minimum atomic E-state index is -0.747. The number of halogens is 1. The zero-order chi connectivity index (χ0) is 39.7. The second kappa shape index (κ2) is 19.3. The molecule has 306 valence electrons. The van der Waals surface area contributed by atoms with Crippen LogP contribution >= 0.6 is 11.6 Å². The normalized spacial score (nSPS) is 26.0. The van der Waals surface area contributed by atoms with Gasteiger partial charge in [0, 0.05) is 82.3 Å². The molecule has 8 nitrogen and oxygen atoms in total. The van der Waals surface area contributed by atoms with Gasteiger partial charge >= 0.3 is 0 Å². The number of methoxy groups -OCH3 is 2. The number of hydrogen-bond donors (Lipinski definition) is 2. The Labute approximate surface area is 346 Å². The fourth-order valence-electron chi connectivity index (χ4n) is 9.91. The smallest absolute Gasteiger partial charge is 0.142 e. The average Bonchev–Trinajstić information content (AvgIpc) is 3.26. The highest BCUT2D eigenvalue weighted by Crippen LogP contribution is 2.44. The van der Waals surface area contributed by atoms with Gasteiger partial charge in [-0.25, -0.2) is 0 Å². The summed E-state index contributed by atoms with van der Waals surface area (Å²) in [7, 11) is 3.47. The van der Waals surface area contributed by atoms with Crippen LogP contribution in [0.1, 0.15) is 62.5 Å².